The minimum absolute atomic E-state index is 0.266. The van der Waals surface area contributed by atoms with E-state index in [1.165, 1.54) is 0 Å². The molecule has 0 aromatic heterocycles. The van der Waals surface area contributed by atoms with Gasteiger partial charge in [-0.15, -0.1) is 0 Å². The number of aliphatic carboxylic acids is 1. The molecule has 1 aliphatic carbocycles. The van der Waals surface area contributed by atoms with Gasteiger partial charge in [-0.25, -0.2) is 0 Å². The number of rotatable bonds is 6. The zero-order chi connectivity index (χ0) is 14.6. The van der Waals surface area contributed by atoms with Gasteiger partial charge in [-0.05, 0) is 45.4 Å². The summed E-state index contributed by atoms with van der Waals surface area (Å²) in [6.07, 6.45) is 2.40. The molecule has 0 amide bonds. The third kappa shape index (κ3) is 5.11. The van der Waals surface area contributed by atoms with Gasteiger partial charge < -0.3 is 10.2 Å². The van der Waals surface area contributed by atoms with E-state index in [9.17, 15) is 9.90 Å². The Morgan fingerprint density at radius 1 is 1.26 bits per heavy atom. The van der Waals surface area contributed by atoms with Crippen LogP contribution in [0.25, 0.3) is 0 Å². The zero-order valence-electron chi connectivity index (χ0n) is 12.7. The smallest absolute Gasteiger partial charge is 0.306 e. The zero-order valence-corrected chi connectivity index (χ0v) is 12.7. The summed E-state index contributed by atoms with van der Waals surface area (Å²) in [6.45, 7) is 10.3. The second-order valence-electron chi connectivity index (χ2n) is 6.75. The number of aliphatic hydroxyl groups is 1. The summed E-state index contributed by atoms with van der Waals surface area (Å²) in [5, 5.41) is 19.7. The van der Waals surface area contributed by atoms with Gasteiger partial charge in [0.25, 0.3) is 0 Å². The van der Waals surface area contributed by atoms with Crippen molar-refractivity contribution < 1.29 is 15.0 Å². The van der Waals surface area contributed by atoms with Crippen LogP contribution in [0.2, 0.25) is 0 Å². The van der Waals surface area contributed by atoms with Crippen molar-refractivity contribution in [3.05, 3.63) is 0 Å². The van der Waals surface area contributed by atoms with Gasteiger partial charge in [0.15, 0.2) is 0 Å². The Labute approximate surface area is 116 Å². The molecule has 0 radical (unpaired) electrons. The Hall–Kier alpha value is -0.610. The van der Waals surface area contributed by atoms with Gasteiger partial charge >= 0.3 is 5.97 Å². The summed E-state index contributed by atoms with van der Waals surface area (Å²) in [4.78, 5) is 13.3. The normalized spacial score (nSPS) is 28.3. The van der Waals surface area contributed by atoms with Crippen LogP contribution in [-0.2, 0) is 4.79 Å². The minimum Gasteiger partial charge on any atom is -0.481 e. The third-order valence-electron chi connectivity index (χ3n) is 4.09. The summed E-state index contributed by atoms with van der Waals surface area (Å²) in [5.41, 5.74) is -0.703. The van der Waals surface area contributed by atoms with Gasteiger partial charge in [0.05, 0.1) is 11.5 Å². The molecule has 19 heavy (non-hydrogen) atoms. The van der Waals surface area contributed by atoms with Crippen molar-refractivity contribution in [2.24, 2.45) is 11.8 Å². The Balaban J connectivity index is 2.56. The van der Waals surface area contributed by atoms with Gasteiger partial charge in [-0.3, -0.25) is 9.69 Å². The Morgan fingerprint density at radius 2 is 1.79 bits per heavy atom. The molecule has 1 saturated carbocycles. The highest BCUT2D eigenvalue weighted by atomic mass is 16.4. The fourth-order valence-corrected chi connectivity index (χ4v) is 2.87. The lowest BCUT2D eigenvalue weighted by Crippen LogP contribution is -2.49. The van der Waals surface area contributed by atoms with Crippen LogP contribution < -0.4 is 0 Å². The van der Waals surface area contributed by atoms with Gasteiger partial charge in [0.1, 0.15) is 0 Å². The van der Waals surface area contributed by atoms with E-state index in [4.69, 9.17) is 5.11 Å². The van der Waals surface area contributed by atoms with E-state index in [1.807, 2.05) is 0 Å². The standard InChI is InChI=1S/C15H29NO3/c1-11(2)9-16(12(3)4)10-15(19)7-5-13(6-8-15)14(17)18/h11-13,19H,5-10H2,1-4H3,(H,17,18). The summed E-state index contributed by atoms with van der Waals surface area (Å²) >= 11 is 0. The summed E-state index contributed by atoms with van der Waals surface area (Å²) in [7, 11) is 0. The molecule has 1 rings (SSSR count). The monoisotopic (exact) mass is 271 g/mol. The number of carboxylic acid groups (broad SMARTS) is 1. The van der Waals surface area contributed by atoms with Crippen molar-refractivity contribution in [2.75, 3.05) is 13.1 Å². The van der Waals surface area contributed by atoms with E-state index in [1.54, 1.807) is 0 Å². The molecule has 112 valence electrons. The molecule has 0 aromatic rings. The molecule has 0 saturated heterocycles. The molecular formula is C15H29NO3. The highest BCUT2D eigenvalue weighted by Crippen LogP contribution is 2.33. The fourth-order valence-electron chi connectivity index (χ4n) is 2.87. The summed E-state index contributed by atoms with van der Waals surface area (Å²) in [6, 6.07) is 0.406. The lowest BCUT2D eigenvalue weighted by atomic mass is 9.78. The molecule has 0 spiro atoms. The van der Waals surface area contributed by atoms with Crippen LogP contribution in [0.15, 0.2) is 0 Å². The van der Waals surface area contributed by atoms with Crippen molar-refractivity contribution in [3.8, 4) is 0 Å². The topological polar surface area (TPSA) is 60.8 Å². The number of carboxylic acids is 1. The molecule has 4 nitrogen and oxygen atoms in total. The van der Waals surface area contributed by atoms with Crippen LogP contribution in [0.3, 0.4) is 0 Å². The Kier molecular flexibility index (Phi) is 5.81. The maximum absolute atomic E-state index is 10.9. The number of hydrogen-bond donors (Lipinski definition) is 2. The second-order valence-corrected chi connectivity index (χ2v) is 6.75. The first kappa shape index (κ1) is 16.4. The highest BCUT2D eigenvalue weighted by Gasteiger charge is 2.37. The van der Waals surface area contributed by atoms with E-state index >= 15 is 0 Å². The molecular weight excluding hydrogens is 242 g/mol. The molecule has 0 atom stereocenters. The third-order valence-corrected chi connectivity index (χ3v) is 4.09. The van der Waals surface area contributed by atoms with Crippen LogP contribution in [0, 0.1) is 11.8 Å². The molecule has 0 bridgehead atoms. The Bertz CT molecular complexity index is 294. The van der Waals surface area contributed by atoms with Crippen molar-refractivity contribution in [2.45, 2.75) is 65.0 Å². The van der Waals surface area contributed by atoms with Crippen LogP contribution in [-0.4, -0.2) is 45.8 Å². The van der Waals surface area contributed by atoms with Crippen LogP contribution in [0.4, 0.5) is 0 Å². The minimum atomic E-state index is -0.718. The van der Waals surface area contributed by atoms with Gasteiger partial charge in [0.2, 0.25) is 0 Å². The molecule has 1 aliphatic rings. The van der Waals surface area contributed by atoms with Crippen molar-refractivity contribution in [3.63, 3.8) is 0 Å². The second kappa shape index (κ2) is 6.71. The average Bonchev–Trinajstić information content (AvgIpc) is 2.27. The van der Waals surface area contributed by atoms with Crippen molar-refractivity contribution in [1.29, 1.82) is 0 Å². The predicted octanol–water partition coefficient (Wildman–Crippen LogP) is 2.36. The largest absolute Gasteiger partial charge is 0.481 e. The lowest BCUT2D eigenvalue weighted by Gasteiger charge is -2.40. The molecule has 4 heteroatoms. The van der Waals surface area contributed by atoms with Crippen LogP contribution in [0.5, 0.6) is 0 Å². The predicted molar refractivity (Wildman–Crippen MR) is 76.1 cm³/mol. The maximum atomic E-state index is 10.9. The first-order chi connectivity index (χ1) is 8.73. The highest BCUT2D eigenvalue weighted by molar-refractivity contribution is 5.70. The first-order valence-electron chi connectivity index (χ1n) is 7.43. The van der Waals surface area contributed by atoms with E-state index in [0.29, 0.717) is 44.2 Å². The van der Waals surface area contributed by atoms with Crippen molar-refractivity contribution in [1.82, 2.24) is 4.90 Å². The fraction of sp³-hybridized carbons (Fsp3) is 0.933. The van der Waals surface area contributed by atoms with Crippen molar-refractivity contribution >= 4 is 5.97 Å². The maximum Gasteiger partial charge on any atom is 0.306 e. The summed E-state index contributed by atoms with van der Waals surface area (Å²) in [5.74, 6) is -0.413. The number of hydrogen-bond acceptors (Lipinski definition) is 3. The van der Waals surface area contributed by atoms with Crippen LogP contribution >= 0.6 is 0 Å². The molecule has 0 aromatic carbocycles. The molecule has 0 unspecified atom stereocenters. The van der Waals surface area contributed by atoms with E-state index < -0.39 is 11.6 Å². The molecule has 0 aliphatic heterocycles. The quantitative estimate of drug-likeness (QED) is 0.778. The van der Waals surface area contributed by atoms with Gasteiger partial charge in [-0.2, -0.15) is 0 Å². The van der Waals surface area contributed by atoms with E-state index in [0.717, 1.165) is 6.54 Å². The molecule has 1 fully saturated rings. The van der Waals surface area contributed by atoms with E-state index in [-0.39, 0.29) is 5.92 Å². The van der Waals surface area contributed by atoms with Crippen LogP contribution in [0.1, 0.15) is 53.4 Å². The lowest BCUT2D eigenvalue weighted by molar-refractivity contribution is -0.145. The van der Waals surface area contributed by atoms with Gasteiger partial charge in [0, 0.05) is 19.1 Å². The SMILES string of the molecule is CC(C)CN(CC1(O)CCC(C(=O)O)CC1)C(C)C. The molecule has 0 heterocycles. The van der Waals surface area contributed by atoms with Gasteiger partial charge in [-0.1, -0.05) is 13.8 Å². The number of carbonyl (C=O) groups is 1. The number of nitrogens with zero attached hydrogens (tertiary/aromatic N) is 1. The Morgan fingerprint density at radius 3 is 2.16 bits per heavy atom. The average molecular weight is 271 g/mol. The molecule has 2 N–H and O–H groups in total. The summed E-state index contributed by atoms with van der Waals surface area (Å²) < 4.78 is 0. The first-order valence-corrected chi connectivity index (χ1v) is 7.43. The van der Waals surface area contributed by atoms with E-state index in [2.05, 4.69) is 32.6 Å².